The lowest BCUT2D eigenvalue weighted by Crippen LogP contribution is -2.21. The number of aliphatic hydroxyl groups excluding tert-OH is 1. The Bertz CT molecular complexity index is 885. The number of hydrogen-bond donors (Lipinski definition) is 2. The summed E-state index contributed by atoms with van der Waals surface area (Å²) in [6, 6.07) is 15.6. The smallest absolute Gasteiger partial charge is 0.250 e. The molecule has 1 heterocycles. The van der Waals surface area contributed by atoms with Gasteiger partial charge in [-0.2, -0.15) is 0 Å². The van der Waals surface area contributed by atoms with E-state index in [2.05, 4.69) is 4.57 Å². The first-order chi connectivity index (χ1) is 11.5. The number of methoxy groups -OCH3 is 1. The number of aromatic nitrogens is 1. The highest BCUT2D eigenvalue weighted by Crippen LogP contribution is 2.33. The minimum atomic E-state index is -1.34. The fourth-order valence-electron chi connectivity index (χ4n) is 3.07. The Kier molecular flexibility index (Phi) is 4.27. The summed E-state index contributed by atoms with van der Waals surface area (Å²) in [4.78, 5) is 11.5. The molecule has 0 saturated carbocycles. The third-order valence-electron chi connectivity index (χ3n) is 4.31. The first-order valence-corrected chi connectivity index (χ1v) is 7.71. The number of carbonyl (C=O) groups excluding carboxylic acids is 1. The van der Waals surface area contributed by atoms with E-state index in [4.69, 9.17) is 10.5 Å². The molecule has 3 rings (SSSR count). The number of benzene rings is 2. The molecule has 0 radical (unpaired) electrons. The molecular weight excluding hydrogens is 304 g/mol. The average molecular weight is 324 g/mol. The molecule has 0 fully saturated rings. The van der Waals surface area contributed by atoms with Crippen molar-refractivity contribution in [3.63, 3.8) is 0 Å². The minimum absolute atomic E-state index is 0.552. The van der Waals surface area contributed by atoms with Gasteiger partial charge in [0.1, 0.15) is 5.75 Å². The number of carbonyl (C=O) groups is 1. The molecule has 5 heteroatoms. The molecule has 1 atom stereocenters. The highest BCUT2D eigenvalue weighted by Gasteiger charge is 2.24. The SMILES string of the molecule is COc1ccc2c(C(O)C(N)=O)c(C)n(Cc3ccccc3)c2c1. The van der Waals surface area contributed by atoms with E-state index in [1.54, 1.807) is 7.11 Å². The van der Waals surface area contributed by atoms with Crippen molar-refractivity contribution in [2.24, 2.45) is 5.73 Å². The third-order valence-corrected chi connectivity index (χ3v) is 4.31. The summed E-state index contributed by atoms with van der Waals surface area (Å²) < 4.78 is 7.38. The lowest BCUT2D eigenvalue weighted by molar-refractivity contribution is -0.126. The number of amides is 1. The minimum Gasteiger partial charge on any atom is -0.497 e. The topological polar surface area (TPSA) is 77.5 Å². The van der Waals surface area contributed by atoms with Gasteiger partial charge in [0.05, 0.1) is 12.6 Å². The number of fused-ring (bicyclic) bond motifs is 1. The molecule has 0 saturated heterocycles. The molecule has 0 aliphatic carbocycles. The predicted octanol–water partition coefficient (Wildman–Crippen LogP) is 2.53. The Morgan fingerprint density at radius 1 is 1.25 bits per heavy atom. The number of aliphatic hydroxyl groups is 1. The van der Waals surface area contributed by atoms with Crippen LogP contribution in [0.3, 0.4) is 0 Å². The summed E-state index contributed by atoms with van der Waals surface area (Å²) in [5.41, 5.74) is 8.71. The second-order valence-corrected chi connectivity index (χ2v) is 5.76. The summed E-state index contributed by atoms with van der Waals surface area (Å²) in [6.45, 7) is 2.51. The van der Waals surface area contributed by atoms with Gasteiger partial charge in [0.2, 0.25) is 0 Å². The van der Waals surface area contributed by atoms with E-state index in [9.17, 15) is 9.90 Å². The van der Waals surface area contributed by atoms with Crippen LogP contribution in [-0.2, 0) is 11.3 Å². The highest BCUT2D eigenvalue weighted by atomic mass is 16.5. The molecule has 0 aliphatic heterocycles. The molecule has 3 aromatic rings. The third kappa shape index (κ3) is 2.74. The number of rotatable bonds is 5. The Balaban J connectivity index is 2.22. The number of primary amides is 1. The van der Waals surface area contributed by atoms with E-state index in [1.165, 1.54) is 0 Å². The standard InChI is InChI=1S/C19H20N2O3/c1-12-17(18(22)19(20)23)15-9-8-14(24-2)10-16(15)21(12)11-13-6-4-3-5-7-13/h3-10,18,22H,11H2,1-2H3,(H2,20,23). The summed E-state index contributed by atoms with van der Waals surface area (Å²) in [5.74, 6) is -0.0397. The summed E-state index contributed by atoms with van der Waals surface area (Å²) >= 11 is 0. The molecule has 24 heavy (non-hydrogen) atoms. The second-order valence-electron chi connectivity index (χ2n) is 5.76. The molecule has 0 spiro atoms. The maximum absolute atomic E-state index is 11.5. The lowest BCUT2D eigenvalue weighted by Gasteiger charge is -2.10. The Labute approximate surface area is 140 Å². The van der Waals surface area contributed by atoms with Crippen LogP contribution in [-0.4, -0.2) is 22.7 Å². The maximum atomic E-state index is 11.5. The van der Waals surface area contributed by atoms with Gasteiger partial charge in [0.15, 0.2) is 6.10 Å². The highest BCUT2D eigenvalue weighted by molar-refractivity contribution is 5.92. The van der Waals surface area contributed by atoms with Crippen LogP contribution in [0.2, 0.25) is 0 Å². The van der Waals surface area contributed by atoms with E-state index in [1.807, 2.05) is 55.5 Å². The van der Waals surface area contributed by atoms with Crippen molar-refractivity contribution < 1.29 is 14.6 Å². The van der Waals surface area contributed by atoms with E-state index >= 15 is 0 Å². The van der Waals surface area contributed by atoms with E-state index in [0.29, 0.717) is 12.1 Å². The van der Waals surface area contributed by atoms with Crippen LogP contribution in [0.5, 0.6) is 5.75 Å². The van der Waals surface area contributed by atoms with Crippen molar-refractivity contribution in [2.75, 3.05) is 7.11 Å². The number of hydrogen-bond acceptors (Lipinski definition) is 3. The first-order valence-electron chi connectivity index (χ1n) is 7.71. The average Bonchev–Trinajstić information content (AvgIpc) is 2.86. The Hall–Kier alpha value is -2.79. The normalized spacial score (nSPS) is 12.3. The van der Waals surface area contributed by atoms with E-state index in [-0.39, 0.29) is 0 Å². The van der Waals surface area contributed by atoms with Gasteiger partial charge in [-0.05, 0) is 24.6 Å². The van der Waals surface area contributed by atoms with Crippen LogP contribution in [0.4, 0.5) is 0 Å². The molecule has 1 unspecified atom stereocenters. The van der Waals surface area contributed by atoms with Gasteiger partial charge in [-0.3, -0.25) is 4.79 Å². The molecule has 0 bridgehead atoms. The Morgan fingerprint density at radius 2 is 1.96 bits per heavy atom. The molecule has 1 aromatic heterocycles. The lowest BCUT2D eigenvalue weighted by atomic mass is 10.0. The molecule has 1 amide bonds. The van der Waals surface area contributed by atoms with Gasteiger partial charge in [0, 0.05) is 29.3 Å². The van der Waals surface area contributed by atoms with E-state index in [0.717, 1.165) is 27.9 Å². The second kappa shape index (κ2) is 6.37. The van der Waals surface area contributed by atoms with Crippen molar-refractivity contribution in [1.29, 1.82) is 0 Å². The first kappa shape index (κ1) is 16.1. The molecule has 124 valence electrons. The summed E-state index contributed by atoms with van der Waals surface area (Å²) in [7, 11) is 1.61. The van der Waals surface area contributed by atoms with Gasteiger partial charge >= 0.3 is 0 Å². The zero-order valence-electron chi connectivity index (χ0n) is 13.7. The molecular formula is C19H20N2O3. The number of nitrogens with zero attached hydrogens (tertiary/aromatic N) is 1. The predicted molar refractivity (Wildman–Crippen MR) is 92.9 cm³/mol. The van der Waals surface area contributed by atoms with Crippen molar-refractivity contribution in [3.8, 4) is 5.75 Å². The number of nitrogens with two attached hydrogens (primary N) is 1. The fraction of sp³-hybridized carbons (Fsp3) is 0.211. The van der Waals surface area contributed by atoms with Gasteiger partial charge in [-0.25, -0.2) is 0 Å². The molecule has 5 nitrogen and oxygen atoms in total. The van der Waals surface area contributed by atoms with Crippen molar-refractivity contribution in [1.82, 2.24) is 4.57 Å². The van der Waals surface area contributed by atoms with Crippen LogP contribution in [0.15, 0.2) is 48.5 Å². The van der Waals surface area contributed by atoms with Crippen LogP contribution >= 0.6 is 0 Å². The molecule has 3 N–H and O–H groups in total. The van der Waals surface area contributed by atoms with Crippen LogP contribution in [0, 0.1) is 6.92 Å². The van der Waals surface area contributed by atoms with Gasteiger partial charge in [0.25, 0.3) is 5.91 Å². The molecule has 2 aromatic carbocycles. The monoisotopic (exact) mass is 324 g/mol. The van der Waals surface area contributed by atoms with E-state index < -0.39 is 12.0 Å². The summed E-state index contributed by atoms with van der Waals surface area (Å²) in [6.07, 6.45) is -1.34. The zero-order valence-corrected chi connectivity index (χ0v) is 13.7. The van der Waals surface area contributed by atoms with Crippen LogP contribution in [0.25, 0.3) is 10.9 Å². The quantitative estimate of drug-likeness (QED) is 0.757. The van der Waals surface area contributed by atoms with Crippen LogP contribution < -0.4 is 10.5 Å². The van der Waals surface area contributed by atoms with Gasteiger partial charge in [-0.1, -0.05) is 30.3 Å². The summed E-state index contributed by atoms with van der Waals surface area (Å²) in [5, 5.41) is 11.1. The van der Waals surface area contributed by atoms with Crippen molar-refractivity contribution in [3.05, 3.63) is 65.4 Å². The fourth-order valence-corrected chi connectivity index (χ4v) is 3.07. The number of ether oxygens (including phenoxy) is 1. The van der Waals surface area contributed by atoms with Crippen molar-refractivity contribution >= 4 is 16.8 Å². The van der Waals surface area contributed by atoms with Gasteiger partial charge in [-0.15, -0.1) is 0 Å². The Morgan fingerprint density at radius 3 is 2.58 bits per heavy atom. The van der Waals surface area contributed by atoms with Crippen LogP contribution in [0.1, 0.15) is 22.9 Å². The maximum Gasteiger partial charge on any atom is 0.250 e. The largest absolute Gasteiger partial charge is 0.497 e. The van der Waals surface area contributed by atoms with Crippen molar-refractivity contribution in [2.45, 2.75) is 19.6 Å². The zero-order chi connectivity index (χ0) is 17.3. The van der Waals surface area contributed by atoms with Gasteiger partial charge < -0.3 is 20.1 Å². The molecule has 0 aliphatic rings.